The Hall–Kier alpha value is -4.05. The molecule has 7 heteroatoms. The van der Waals surface area contributed by atoms with Gasteiger partial charge in [0.05, 0.1) is 29.4 Å². The molecule has 4 rings (SSSR count). The number of pyridine rings is 1. The van der Waals surface area contributed by atoms with E-state index in [1.54, 1.807) is 43.2 Å². The third kappa shape index (κ3) is 3.44. The molecule has 0 saturated heterocycles. The number of hydrogen-bond donors (Lipinski definition) is 1. The van der Waals surface area contributed by atoms with Gasteiger partial charge in [-0.25, -0.2) is 15.0 Å². The van der Waals surface area contributed by atoms with Crippen LogP contribution in [0.4, 0.5) is 5.95 Å². The van der Waals surface area contributed by atoms with Gasteiger partial charge in [-0.3, -0.25) is 4.98 Å². The van der Waals surface area contributed by atoms with Gasteiger partial charge in [-0.05, 0) is 35.4 Å². The molecular weight excluding hydrogens is 352 g/mol. The van der Waals surface area contributed by atoms with Gasteiger partial charge in [0.15, 0.2) is 0 Å². The zero-order chi connectivity index (χ0) is 19.3. The van der Waals surface area contributed by atoms with Gasteiger partial charge in [0, 0.05) is 24.5 Å². The highest BCUT2D eigenvalue weighted by Gasteiger charge is 2.32. The minimum atomic E-state index is -0.286. The van der Waals surface area contributed by atoms with Crippen molar-refractivity contribution in [1.29, 1.82) is 5.26 Å². The molecule has 2 unspecified atom stereocenters. The van der Waals surface area contributed by atoms with E-state index in [1.165, 1.54) is 0 Å². The number of nitrogens with two attached hydrogens (primary N) is 1. The molecule has 28 heavy (non-hydrogen) atoms. The molecule has 0 aliphatic rings. The molecule has 7 nitrogen and oxygen atoms in total. The van der Waals surface area contributed by atoms with Crippen molar-refractivity contribution in [2.45, 2.75) is 11.8 Å². The van der Waals surface area contributed by atoms with Crippen LogP contribution >= 0.6 is 0 Å². The van der Waals surface area contributed by atoms with Crippen molar-refractivity contribution >= 4 is 5.95 Å². The van der Waals surface area contributed by atoms with Gasteiger partial charge in [-0.15, -0.1) is 0 Å². The molecule has 0 amide bonds. The summed E-state index contributed by atoms with van der Waals surface area (Å²) in [5, 5.41) is 9.14. The Morgan fingerprint density at radius 2 is 1.79 bits per heavy atom. The number of nitrogens with zero attached hydrogens (tertiary/aromatic N) is 5. The third-order valence-corrected chi connectivity index (χ3v) is 4.51. The van der Waals surface area contributed by atoms with Gasteiger partial charge in [0.2, 0.25) is 11.8 Å². The van der Waals surface area contributed by atoms with Crippen LogP contribution in [-0.2, 0) is 0 Å². The molecule has 136 valence electrons. The van der Waals surface area contributed by atoms with Crippen molar-refractivity contribution < 1.29 is 4.42 Å². The molecule has 3 heterocycles. The number of anilines is 1. The second kappa shape index (κ2) is 7.68. The predicted molar refractivity (Wildman–Crippen MR) is 102 cm³/mol. The minimum absolute atomic E-state index is 0.188. The number of nitrogen functional groups attached to an aromatic ring is 1. The van der Waals surface area contributed by atoms with Crippen molar-refractivity contribution in [1.82, 2.24) is 19.9 Å². The van der Waals surface area contributed by atoms with Crippen LogP contribution in [0.25, 0.3) is 0 Å². The second-order valence-corrected chi connectivity index (χ2v) is 6.19. The molecule has 0 bridgehead atoms. The van der Waals surface area contributed by atoms with Crippen molar-refractivity contribution in [2.24, 2.45) is 0 Å². The second-order valence-electron chi connectivity index (χ2n) is 6.19. The van der Waals surface area contributed by atoms with Crippen molar-refractivity contribution in [3.05, 3.63) is 102 Å². The summed E-state index contributed by atoms with van der Waals surface area (Å²) in [5.74, 6) is 0.180. The maximum Gasteiger partial charge on any atom is 0.220 e. The van der Waals surface area contributed by atoms with Crippen LogP contribution in [0, 0.1) is 11.3 Å². The maximum atomic E-state index is 9.14. The summed E-state index contributed by atoms with van der Waals surface area (Å²) in [4.78, 5) is 17.1. The lowest BCUT2D eigenvalue weighted by Crippen LogP contribution is -2.17. The monoisotopic (exact) mass is 368 g/mol. The fourth-order valence-electron chi connectivity index (χ4n) is 3.29. The molecule has 0 saturated carbocycles. The number of rotatable bonds is 5. The normalized spacial score (nSPS) is 12.8. The van der Waals surface area contributed by atoms with E-state index in [9.17, 15) is 0 Å². The first-order valence-corrected chi connectivity index (χ1v) is 8.64. The lowest BCUT2D eigenvalue weighted by molar-refractivity contribution is 0.449. The number of aromatic nitrogens is 4. The molecule has 0 fully saturated rings. The molecule has 0 spiro atoms. The van der Waals surface area contributed by atoms with E-state index in [2.05, 4.69) is 26.0 Å². The molecule has 1 aromatic carbocycles. The van der Waals surface area contributed by atoms with Gasteiger partial charge in [0.1, 0.15) is 6.26 Å². The number of nitriles is 1. The Labute approximate surface area is 161 Å². The average molecular weight is 368 g/mol. The molecule has 0 aliphatic heterocycles. The lowest BCUT2D eigenvalue weighted by atomic mass is 9.79. The highest BCUT2D eigenvalue weighted by molar-refractivity contribution is 5.41. The minimum Gasteiger partial charge on any atom is -0.448 e. The van der Waals surface area contributed by atoms with E-state index < -0.39 is 0 Å². The van der Waals surface area contributed by atoms with Gasteiger partial charge in [-0.1, -0.05) is 18.2 Å². The molecule has 2 N–H and O–H groups in total. The summed E-state index contributed by atoms with van der Waals surface area (Å²) in [6.07, 6.45) is 8.29. The average Bonchev–Trinajstić information content (AvgIpc) is 3.27. The zero-order valence-corrected chi connectivity index (χ0v) is 14.8. The molecular formula is C21H16N6O. The fourth-order valence-corrected chi connectivity index (χ4v) is 3.29. The SMILES string of the molecule is N#Cc1ccc(C(c2ccnc(N)n2)C(c2cccnc2)c2ncco2)cc1. The summed E-state index contributed by atoms with van der Waals surface area (Å²) < 4.78 is 5.68. The van der Waals surface area contributed by atoms with Gasteiger partial charge in [-0.2, -0.15) is 5.26 Å². The predicted octanol–water partition coefficient (Wildman–Crippen LogP) is 3.28. The molecule has 0 radical (unpaired) electrons. The lowest BCUT2D eigenvalue weighted by Gasteiger charge is -2.25. The first kappa shape index (κ1) is 17.4. The summed E-state index contributed by atoms with van der Waals surface area (Å²) in [6.45, 7) is 0. The van der Waals surface area contributed by atoms with Gasteiger partial charge < -0.3 is 10.2 Å². The topological polar surface area (TPSA) is 115 Å². The molecule has 3 aromatic heterocycles. The Balaban J connectivity index is 1.92. The van der Waals surface area contributed by atoms with Crippen LogP contribution in [-0.4, -0.2) is 19.9 Å². The van der Waals surface area contributed by atoms with E-state index in [0.717, 1.165) is 16.8 Å². The highest BCUT2D eigenvalue weighted by atomic mass is 16.3. The van der Waals surface area contributed by atoms with E-state index >= 15 is 0 Å². The standard InChI is InChI=1S/C21H16N6O/c22-12-14-3-5-15(6-4-14)18(17-7-9-26-21(23)27-17)19(20-25-10-11-28-20)16-2-1-8-24-13-16/h1-11,13,18-19H,(H2,23,26,27). The highest BCUT2D eigenvalue weighted by Crippen LogP contribution is 2.41. The van der Waals surface area contributed by atoms with E-state index in [-0.39, 0.29) is 17.8 Å². The van der Waals surface area contributed by atoms with Gasteiger partial charge in [0.25, 0.3) is 0 Å². The van der Waals surface area contributed by atoms with Crippen molar-refractivity contribution in [3.8, 4) is 6.07 Å². The summed E-state index contributed by atoms with van der Waals surface area (Å²) in [7, 11) is 0. The maximum absolute atomic E-state index is 9.14. The first-order valence-electron chi connectivity index (χ1n) is 8.64. The van der Waals surface area contributed by atoms with Crippen molar-refractivity contribution in [3.63, 3.8) is 0 Å². The largest absolute Gasteiger partial charge is 0.448 e. The van der Waals surface area contributed by atoms with Crippen LogP contribution in [0.1, 0.15) is 40.1 Å². The Kier molecular flexibility index (Phi) is 4.76. The summed E-state index contributed by atoms with van der Waals surface area (Å²) in [6, 6.07) is 15.2. The van der Waals surface area contributed by atoms with Crippen LogP contribution < -0.4 is 5.73 Å². The zero-order valence-electron chi connectivity index (χ0n) is 14.8. The van der Waals surface area contributed by atoms with Crippen LogP contribution in [0.3, 0.4) is 0 Å². The molecule has 2 atom stereocenters. The quantitative estimate of drug-likeness (QED) is 0.575. The number of benzene rings is 1. The first-order chi connectivity index (χ1) is 13.8. The number of hydrogen-bond acceptors (Lipinski definition) is 7. The Bertz CT molecular complexity index is 1090. The fraction of sp³-hybridized carbons (Fsp3) is 0.0952. The Morgan fingerprint density at radius 1 is 0.929 bits per heavy atom. The molecule has 0 aliphatic carbocycles. The number of oxazole rings is 1. The van der Waals surface area contributed by atoms with Gasteiger partial charge >= 0.3 is 0 Å². The smallest absolute Gasteiger partial charge is 0.220 e. The van der Waals surface area contributed by atoms with E-state index in [4.69, 9.17) is 15.4 Å². The summed E-state index contributed by atoms with van der Waals surface area (Å²) in [5.41, 5.74) is 9.04. The van der Waals surface area contributed by atoms with Crippen LogP contribution in [0.2, 0.25) is 0 Å². The van der Waals surface area contributed by atoms with Crippen molar-refractivity contribution in [2.75, 3.05) is 5.73 Å². The summed E-state index contributed by atoms with van der Waals surface area (Å²) >= 11 is 0. The Morgan fingerprint density at radius 3 is 2.43 bits per heavy atom. The van der Waals surface area contributed by atoms with E-state index in [0.29, 0.717) is 11.5 Å². The van der Waals surface area contributed by atoms with E-state index in [1.807, 2.05) is 30.3 Å². The van der Waals surface area contributed by atoms with Crippen LogP contribution in [0.5, 0.6) is 0 Å². The third-order valence-electron chi connectivity index (χ3n) is 4.51. The van der Waals surface area contributed by atoms with Crippen LogP contribution in [0.15, 0.2) is 77.9 Å². The molecule has 4 aromatic rings.